The normalized spacial score (nSPS) is 23.1. The summed E-state index contributed by atoms with van der Waals surface area (Å²) in [5.74, 6) is 2.19. The maximum Gasteiger partial charge on any atom is 0.165 e. The third-order valence-corrected chi connectivity index (χ3v) is 5.01. The number of nitrogens with zero attached hydrogens (tertiary/aromatic N) is 1. The van der Waals surface area contributed by atoms with Gasteiger partial charge in [0.2, 0.25) is 0 Å². The van der Waals surface area contributed by atoms with Gasteiger partial charge in [0.25, 0.3) is 0 Å². The van der Waals surface area contributed by atoms with Crippen molar-refractivity contribution in [1.29, 1.82) is 0 Å². The van der Waals surface area contributed by atoms with Crippen LogP contribution in [-0.4, -0.2) is 39.3 Å². The van der Waals surface area contributed by atoms with Gasteiger partial charge in [-0.05, 0) is 38.9 Å². The Bertz CT molecular complexity index is 493. The third kappa shape index (κ3) is 2.67. The average Bonchev–Trinajstić information content (AvgIpc) is 2.82. The van der Waals surface area contributed by atoms with E-state index in [9.17, 15) is 0 Å². The number of hydrogen-bond donors (Lipinski definition) is 1. The molecule has 1 aliphatic rings. The fraction of sp³-hybridized carbons (Fsp3) is 0.600. The second-order valence-electron chi connectivity index (χ2n) is 5.43. The van der Waals surface area contributed by atoms with Crippen LogP contribution in [0, 0.1) is 12.8 Å². The smallest absolute Gasteiger partial charge is 0.165 e. The van der Waals surface area contributed by atoms with Crippen molar-refractivity contribution in [3.05, 3.63) is 21.7 Å². The van der Waals surface area contributed by atoms with Crippen LogP contribution in [0.1, 0.15) is 23.6 Å². The molecule has 2 atom stereocenters. The molecule has 20 heavy (non-hydrogen) atoms. The molecular weight excluding hydrogens is 320 g/mol. The standard InChI is InChI=1S/C15H23BrN2O2/c1-9-12(16)6-11(15(20-4)14(9)19-3)13-5-10(7-17)8-18(13)2/h6,10,13H,5,7-8,17H2,1-4H3. The van der Waals surface area contributed by atoms with Crippen molar-refractivity contribution in [2.45, 2.75) is 19.4 Å². The second kappa shape index (κ2) is 6.33. The van der Waals surface area contributed by atoms with E-state index in [4.69, 9.17) is 15.2 Å². The van der Waals surface area contributed by atoms with Crippen LogP contribution < -0.4 is 15.2 Å². The van der Waals surface area contributed by atoms with Crippen LogP contribution in [-0.2, 0) is 0 Å². The van der Waals surface area contributed by atoms with Crippen LogP contribution in [0.5, 0.6) is 11.5 Å². The molecule has 0 amide bonds. The van der Waals surface area contributed by atoms with Crippen LogP contribution in [0.15, 0.2) is 10.5 Å². The summed E-state index contributed by atoms with van der Waals surface area (Å²) >= 11 is 3.62. The predicted octanol–water partition coefficient (Wildman–Crippen LogP) is 2.73. The molecule has 0 spiro atoms. The summed E-state index contributed by atoms with van der Waals surface area (Å²) < 4.78 is 12.2. The van der Waals surface area contributed by atoms with Crippen molar-refractivity contribution in [2.75, 3.05) is 34.4 Å². The summed E-state index contributed by atoms with van der Waals surface area (Å²) in [5, 5.41) is 0. The summed E-state index contributed by atoms with van der Waals surface area (Å²) in [6.07, 6.45) is 1.06. The molecule has 1 aliphatic heterocycles. The van der Waals surface area contributed by atoms with E-state index in [-0.39, 0.29) is 0 Å². The van der Waals surface area contributed by atoms with E-state index in [0.29, 0.717) is 12.0 Å². The lowest BCUT2D eigenvalue weighted by molar-refractivity contribution is 0.295. The van der Waals surface area contributed by atoms with E-state index in [0.717, 1.165) is 41.0 Å². The van der Waals surface area contributed by atoms with E-state index < -0.39 is 0 Å². The molecule has 2 rings (SSSR count). The van der Waals surface area contributed by atoms with Gasteiger partial charge in [-0.3, -0.25) is 4.90 Å². The SMILES string of the molecule is COc1c(C2CC(CN)CN2C)cc(Br)c(C)c1OC. The average molecular weight is 343 g/mol. The molecule has 2 N–H and O–H groups in total. The van der Waals surface area contributed by atoms with Crippen LogP contribution in [0.4, 0.5) is 0 Å². The van der Waals surface area contributed by atoms with Gasteiger partial charge in [0, 0.05) is 28.2 Å². The summed E-state index contributed by atoms with van der Waals surface area (Å²) in [6.45, 7) is 3.78. The minimum atomic E-state index is 0.323. The summed E-state index contributed by atoms with van der Waals surface area (Å²) in [6, 6.07) is 2.47. The van der Waals surface area contributed by atoms with Crippen molar-refractivity contribution in [2.24, 2.45) is 11.7 Å². The lowest BCUT2D eigenvalue weighted by atomic mass is 9.97. The fourth-order valence-electron chi connectivity index (χ4n) is 3.06. The van der Waals surface area contributed by atoms with E-state index in [1.54, 1.807) is 14.2 Å². The fourth-order valence-corrected chi connectivity index (χ4v) is 3.49. The first-order valence-electron chi connectivity index (χ1n) is 6.84. The Hall–Kier alpha value is -0.780. The van der Waals surface area contributed by atoms with E-state index in [2.05, 4.69) is 33.9 Å². The second-order valence-corrected chi connectivity index (χ2v) is 6.29. The first kappa shape index (κ1) is 15.6. The summed E-state index contributed by atoms with van der Waals surface area (Å²) in [7, 11) is 5.52. The molecule has 1 saturated heterocycles. The molecule has 0 aliphatic carbocycles. The first-order valence-corrected chi connectivity index (χ1v) is 7.64. The maximum absolute atomic E-state index is 5.83. The molecule has 112 valence electrons. The number of benzene rings is 1. The largest absolute Gasteiger partial charge is 0.493 e. The molecule has 1 heterocycles. The lowest BCUT2D eigenvalue weighted by Gasteiger charge is -2.24. The van der Waals surface area contributed by atoms with E-state index in [1.165, 1.54) is 5.56 Å². The Morgan fingerprint density at radius 3 is 2.50 bits per heavy atom. The maximum atomic E-state index is 5.83. The van der Waals surface area contributed by atoms with Crippen LogP contribution >= 0.6 is 15.9 Å². The number of likely N-dealkylation sites (tertiary alicyclic amines) is 1. The van der Waals surface area contributed by atoms with Crippen molar-refractivity contribution in [3.63, 3.8) is 0 Å². The highest BCUT2D eigenvalue weighted by molar-refractivity contribution is 9.10. The zero-order chi connectivity index (χ0) is 14.9. The number of ether oxygens (including phenoxy) is 2. The highest BCUT2D eigenvalue weighted by Gasteiger charge is 2.33. The van der Waals surface area contributed by atoms with Crippen LogP contribution in [0.3, 0.4) is 0 Å². The predicted molar refractivity (Wildman–Crippen MR) is 84.5 cm³/mol. The highest BCUT2D eigenvalue weighted by atomic mass is 79.9. The Kier molecular flexibility index (Phi) is 4.94. The molecule has 1 aromatic carbocycles. The highest BCUT2D eigenvalue weighted by Crippen LogP contribution is 2.46. The topological polar surface area (TPSA) is 47.7 Å². The Labute approximate surface area is 129 Å². The number of nitrogens with two attached hydrogens (primary N) is 1. The minimum Gasteiger partial charge on any atom is -0.493 e. The van der Waals surface area contributed by atoms with Crippen molar-refractivity contribution in [1.82, 2.24) is 4.90 Å². The molecule has 0 saturated carbocycles. The Balaban J connectivity index is 2.48. The van der Waals surface area contributed by atoms with E-state index >= 15 is 0 Å². The molecule has 0 radical (unpaired) electrons. The molecule has 0 bridgehead atoms. The molecule has 5 heteroatoms. The first-order chi connectivity index (χ1) is 9.53. The zero-order valence-electron chi connectivity index (χ0n) is 12.6. The lowest BCUT2D eigenvalue weighted by Crippen LogP contribution is -2.21. The van der Waals surface area contributed by atoms with E-state index in [1.807, 2.05) is 6.92 Å². The molecule has 4 nitrogen and oxygen atoms in total. The molecule has 1 fully saturated rings. The molecule has 2 unspecified atom stereocenters. The van der Waals surface area contributed by atoms with Gasteiger partial charge in [0.15, 0.2) is 11.5 Å². The van der Waals surface area contributed by atoms with Gasteiger partial charge < -0.3 is 15.2 Å². The van der Waals surface area contributed by atoms with Gasteiger partial charge >= 0.3 is 0 Å². The van der Waals surface area contributed by atoms with Gasteiger partial charge in [-0.15, -0.1) is 0 Å². The Morgan fingerprint density at radius 2 is 2.00 bits per heavy atom. The third-order valence-electron chi connectivity index (χ3n) is 4.18. The quantitative estimate of drug-likeness (QED) is 0.913. The van der Waals surface area contributed by atoms with Gasteiger partial charge in [-0.1, -0.05) is 15.9 Å². The summed E-state index contributed by atoms with van der Waals surface area (Å²) in [5.41, 5.74) is 8.05. The Morgan fingerprint density at radius 1 is 1.35 bits per heavy atom. The molecule has 0 aromatic heterocycles. The zero-order valence-corrected chi connectivity index (χ0v) is 14.2. The molecule has 1 aromatic rings. The van der Waals surface area contributed by atoms with Gasteiger partial charge in [0.1, 0.15) is 0 Å². The number of hydrogen-bond acceptors (Lipinski definition) is 4. The monoisotopic (exact) mass is 342 g/mol. The van der Waals surface area contributed by atoms with Crippen molar-refractivity contribution in [3.8, 4) is 11.5 Å². The minimum absolute atomic E-state index is 0.323. The van der Waals surface area contributed by atoms with Crippen LogP contribution in [0.2, 0.25) is 0 Å². The van der Waals surface area contributed by atoms with Gasteiger partial charge in [-0.2, -0.15) is 0 Å². The number of methoxy groups -OCH3 is 2. The summed E-state index contributed by atoms with van der Waals surface area (Å²) in [4.78, 5) is 2.34. The number of halogens is 1. The van der Waals surface area contributed by atoms with Crippen molar-refractivity contribution < 1.29 is 9.47 Å². The van der Waals surface area contributed by atoms with Crippen LogP contribution in [0.25, 0.3) is 0 Å². The van der Waals surface area contributed by atoms with Gasteiger partial charge in [-0.25, -0.2) is 0 Å². The number of rotatable bonds is 4. The molecular formula is C15H23BrN2O2. The van der Waals surface area contributed by atoms with Crippen molar-refractivity contribution >= 4 is 15.9 Å². The van der Waals surface area contributed by atoms with Gasteiger partial charge in [0.05, 0.1) is 14.2 Å².